The van der Waals surface area contributed by atoms with E-state index in [4.69, 9.17) is 4.52 Å². The molecular weight excluding hydrogens is 284 g/mol. The normalized spacial score (nSPS) is 17.4. The molecule has 0 radical (unpaired) electrons. The largest absolute Gasteiger partial charge is 0.359 e. The van der Waals surface area contributed by atoms with Gasteiger partial charge in [0.1, 0.15) is 11.5 Å². The van der Waals surface area contributed by atoms with Crippen LogP contribution in [-0.2, 0) is 13.0 Å². The highest BCUT2D eigenvalue weighted by molar-refractivity contribution is 5.92. The molecule has 0 saturated heterocycles. The van der Waals surface area contributed by atoms with Crippen LogP contribution in [0.15, 0.2) is 15.4 Å². The molecule has 0 atom stereocenters. The van der Waals surface area contributed by atoms with Crippen LogP contribution in [0.3, 0.4) is 0 Å². The Kier molecular flexibility index (Phi) is 2.88. The van der Waals surface area contributed by atoms with Crippen molar-refractivity contribution in [2.24, 2.45) is 0 Å². The molecule has 2 aliphatic rings. The van der Waals surface area contributed by atoms with E-state index in [0.29, 0.717) is 24.8 Å². The first-order chi connectivity index (χ1) is 10.6. The third-order valence-corrected chi connectivity index (χ3v) is 4.26. The average Bonchev–Trinajstić information content (AvgIpc) is 3.30. The van der Waals surface area contributed by atoms with E-state index < -0.39 is 0 Å². The number of hydrogen-bond donors (Lipinski definition) is 1. The number of rotatable bonds is 2. The molecule has 22 heavy (non-hydrogen) atoms. The van der Waals surface area contributed by atoms with Crippen molar-refractivity contribution in [3.05, 3.63) is 45.0 Å². The SMILES string of the molecule is Cc1noc2c1CCN(C(=O)c1cc(=O)[nH]c(C3CC3)n1)C2. The van der Waals surface area contributed by atoms with Gasteiger partial charge in [-0.2, -0.15) is 0 Å². The van der Waals surface area contributed by atoms with Crippen molar-refractivity contribution >= 4 is 5.91 Å². The fourth-order valence-electron chi connectivity index (χ4n) is 2.85. The molecule has 3 heterocycles. The highest BCUT2D eigenvalue weighted by atomic mass is 16.5. The summed E-state index contributed by atoms with van der Waals surface area (Å²) in [6, 6.07) is 1.27. The second-order valence-corrected chi connectivity index (χ2v) is 5.94. The van der Waals surface area contributed by atoms with E-state index in [0.717, 1.165) is 36.3 Å². The molecule has 1 amide bonds. The quantitative estimate of drug-likeness (QED) is 0.898. The van der Waals surface area contributed by atoms with Gasteiger partial charge in [-0.3, -0.25) is 9.59 Å². The van der Waals surface area contributed by atoms with Crippen molar-refractivity contribution in [1.29, 1.82) is 0 Å². The zero-order valence-electron chi connectivity index (χ0n) is 12.3. The average molecular weight is 300 g/mol. The van der Waals surface area contributed by atoms with Gasteiger partial charge in [-0.15, -0.1) is 0 Å². The van der Waals surface area contributed by atoms with Gasteiger partial charge in [0.2, 0.25) is 0 Å². The van der Waals surface area contributed by atoms with Gasteiger partial charge < -0.3 is 14.4 Å². The molecule has 0 spiro atoms. The highest BCUT2D eigenvalue weighted by Gasteiger charge is 2.30. The Morgan fingerprint density at radius 3 is 3.05 bits per heavy atom. The molecule has 114 valence electrons. The Morgan fingerprint density at radius 2 is 2.27 bits per heavy atom. The molecule has 2 aromatic heterocycles. The molecule has 0 unspecified atom stereocenters. The van der Waals surface area contributed by atoms with Crippen molar-refractivity contribution in [1.82, 2.24) is 20.0 Å². The summed E-state index contributed by atoms with van der Waals surface area (Å²) >= 11 is 0. The maximum absolute atomic E-state index is 12.6. The summed E-state index contributed by atoms with van der Waals surface area (Å²) in [6.45, 7) is 2.86. The van der Waals surface area contributed by atoms with Crippen LogP contribution in [0.25, 0.3) is 0 Å². The molecule has 1 N–H and O–H groups in total. The summed E-state index contributed by atoms with van der Waals surface area (Å²) < 4.78 is 5.27. The summed E-state index contributed by atoms with van der Waals surface area (Å²) in [6.07, 6.45) is 2.76. The smallest absolute Gasteiger partial charge is 0.273 e. The fourth-order valence-corrected chi connectivity index (χ4v) is 2.85. The van der Waals surface area contributed by atoms with Crippen molar-refractivity contribution in [3.8, 4) is 0 Å². The molecule has 1 aliphatic carbocycles. The van der Waals surface area contributed by atoms with Gasteiger partial charge in [0, 0.05) is 24.1 Å². The van der Waals surface area contributed by atoms with E-state index in [1.165, 1.54) is 6.07 Å². The van der Waals surface area contributed by atoms with Crippen LogP contribution in [-0.4, -0.2) is 32.5 Å². The lowest BCUT2D eigenvalue weighted by molar-refractivity contribution is 0.0709. The molecule has 1 fully saturated rings. The van der Waals surface area contributed by atoms with Crippen LogP contribution in [0, 0.1) is 6.92 Å². The van der Waals surface area contributed by atoms with Crippen LogP contribution < -0.4 is 5.56 Å². The second-order valence-electron chi connectivity index (χ2n) is 5.94. The Labute approximate surface area is 126 Å². The van der Waals surface area contributed by atoms with Crippen LogP contribution in [0.2, 0.25) is 0 Å². The van der Waals surface area contributed by atoms with Gasteiger partial charge in [0.15, 0.2) is 5.76 Å². The number of fused-ring (bicyclic) bond motifs is 1. The first-order valence-corrected chi connectivity index (χ1v) is 7.46. The minimum atomic E-state index is -0.270. The Morgan fingerprint density at radius 1 is 1.45 bits per heavy atom. The topological polar surface area (TPSA) is 92.1 Å². The molecule has 4 rings (SSSR count). The predicted molar refractivity (Wildman–Crippen MR) is 76.5 cm³/mol. The van der Waals surface area contributed by atoms with Crippen molar-refractivity contribution in [3.63, 3.8) is 0 Å². The number of nitrogens with one attached hydrogen (secondary N) is 1. The van der Waals surface area contributed by atoms with E-state index in [1.54, 1.807) is 4.90 Å². The van der Waals surface area contributed by atoms with Gasteiger partial charge in [0.25, 0.3) is 11.5 Å². The molecule has 0 aromatic carbocycles. The number of aromatic nitrogens is 3. The van der Waals surface area contributed by atoms with Gasteiger partial charge >= 0.3 is 0 Å². The van der Waals surface area contributed by atoms with Gasteiger partial charge in [-0.05, 0) is 26.2 Å². The number of aryl methyl sites for hydroxylation is 1. The lowest BCUT2D eigenvalue weighted by atomic mass is 10.1. The van der Waals surface area contributed by atoms with E-state index in [9.17, 15) is 9.59 Å². The van der Waals surface area contributed by atoms with E-state index in [1.807, 2.05) is 6.92 Å². The number of aromatic amines is 1. The van der Waals surface area contributed by atoms with E-state index in [2.05, 4.69) is 15.1 Å². The Hall–Kier alpha value is -2.44. The molecule has 0 bridgehead atoms. The first kappa shape index (κ1) is 13.2. The van der Waals surface area contributed by atoms with Crippen LogP contribution in [0.5, 0.6) is 0 Å². The maximum atomic E-state index is 12.6. The number of carbonyl (C=O) groups is 1. The summed E-state index contributed by atoms with van der Waals surface area (Å²) in [5, 5.41) is 3.94. The fraction of sp³-hybridized carbons (Fsp3) is 0.467. The second kappa shape index (κ2) is 4.79. The minimum Gasteiger partial charge on any atom is -0.359 e. The van der Waals surface area contributed by atoms with Crippen molar-refractivity contribution < 1.29 is 9.32 Å². The standard InChI is InChI=1S/C15H16N4O3/c1-8-10-4-5-19(7-12(10)22-18-8)15(21)11-6-13(20)17-14(16-11)9-2-3-9/h6,9H,2-5,7H2,1H3,(H,16,17,20). The van der Waals surface area contributed by atoms with Gasteiger partial charge in [-0.1, -0.05) is 5.16 Å². The van der Waals surface area contributed by atoms with Crippen molar-refractivity contribution in [2.75, 3.05) is 6.54 Å². The minimum absolute atomic E-state index is 0.213. The summed E-state index contributed by atoms with van der Waals surface area (Å²) in [5.74, 6) is 1.42. The molecule has 7 heteroatoms. The van der Waals surface area contributed by atoms with Crippen LogP contribution in [0.4, 0.5) is 0 Å². The zero-order valence-corrected chi connectivity index (χ0v) is 12.3. The zero-order chi connectivity index (χ0) is 15.3. The third-order valence-electron chi connectivity index (χ3n) is 4.26. The Bertz CT molecular complexity index is 803. The number of H-pyrrole nitrogens is 1. The molecule has 7 nitrogen and oxygen atoms in total. The van der Waals surface area contributed by atoms with Gasteiger partial charge in [-0.25, -0.2) is 4.98 Å². The summed E-state index contributed by atoms with van der Waals surface area (Å²) in [5.41, 5.74) is 1.91. The maximum Gasteiger partial charge on any atom is 0.273 e. The lowest BCUT2D eigenvalue weighted by Crippen LogP contribution is -2.37. The number of carbonyl (C=O) groups excluding carboxylic acids is 1. The molecule has 1 saturated carbocycles. The molecular formula is C15H16N4O3. The van der Waals surface area contributed by atoms with E-state index in [-0.39, 0.29) is 17.2 Å². The first-order valence-electron chi connectivity index (χ1n) is 7.46. The Balaban J connectivity index is 1.61. The van der Waals surface area contributed by atoms with Crippen LogP contribution in [0.1, 0.15) is 52.1 Å². The third kappa shape index (κ3) is 2.22. The monoisotopic (exact) mass is 300 g/mol. The van der Waals surface area contributed by atoms with E-state index >= 15 is 0 Å². The summed E-state index contributed by atoms with van der Waals surface area (Å²) in [4.78, 5) is 33.1. The lowest BCUT2D eigenvalue weighted by Gasteiger charge is -2.25. The highest BCUT2D eigenvalue weighted by Crippen LogP contribution is 2.37. The number of nitrogens with zero attached hydrogens (tertiary/aromatic N) is 3. The number of amides is 1. The molecule has 2 aromatic rings. The summed E-state index contributed by atoms with van der Waals surface area (Å²) in [7, 11) is 0. The predicted octanol–water partition coefficient (Wildman–Crippen LogP) is 1.14. The number of hydrogen-bond acceptors (Lipinski definition) is 5. The van der Waals surface area contributed by atoms with Gasteiger partial charge in [0.05, 0.1) is 12.2 Å². The van der Waals surface area contributed by atoms with Crippen LogP contribution >= 0.6 is 0 Å². The van der Waals surface area contributed by atoms with Crippen molar-refractivity contribution in [2.45, 2.75) is 38.6 Å². The molecule has 1 aliphatic heterocycles.